The van der Waals surface area contributed by atoms with Crippen molar-refractivity contribution in [1.29, 1.82) is 0 Å². The minimum Gasteiger partial charge on any atom is -0.388 e. The summed E-state index contributed by atoms with van der Waals surface area (Å²) in [6, 6.07) is 1.86. The molecule has 0 amide bonds. The van der Waals surface area contributed by atoms with Gasteiger partial charge in [-0.05, 0) is 12.5 Å². The molecule has 0 saturated heterocycles. The van der Waals surface area contributed by atoms with E-state index < -0.39 is 0 Å². The summed E-state index contributed by atoms with van der Waals surface area (Å²) in [5.74, 6) is 0. The van der Waals surface area contributed by atoms with Crippen molar-refractivity contribution in [3.63, 3.8) is 0 Å². The first-order chi connectivity index (χ1) is 6.74. The number of hydrogen-bond acceptors (Lipinski definition) is 2. The fourth-order valence-corrected chi connectivity index (χ4v) is 2.51. The van der Waals surface area contributed by atoms with E-state index in [9.17, 15) is 5.11 Å². The zero-order valence-electron chi connectivity index (χ0n) is 8.50. The van der Waals surface area contributed by atoms with Crippen LogP contribution >= 0.6 is 22.9 Å². The number of hydrogen-bond donors (Lipinski definition) is 1. The third-order valence-electron chi connectivity index (χ3n) is 2.25. The molecule has 3 heteroatoms. The first-order valence-electron chi connectivity index (χ1n) is 5.16. The standard InChI is InChI=1S/C11H17ClOS/c1-2-3-4-5-6-10(13)11-7-9(12)8-14-11/h7-8,10,13H,2-6H2,1H3. The Bertz CT molecular complexity index is 260. The minimum atomic E-state index is -0.315. The van der Waals surface area contributed by atoms with Gasteiger partial charge < -0.3 is 5.11 Å². The van der Waals surface area contributed by atoms with Crippen molar-refractivity contribution in [3.05, 3.63) is 21.3 Å². The predicted molar refractivity (Wildman–Crippen MR) is 63.0 cm³/mol. The highest BCUT2D eigenvalue weighted by molar-refractivity contribution is 7.10. The second-order valence-corrected chi connectivity index (χ2v) is 4.91. The van der Waals surface area contributed by atoms with Crippen LogP contribution in [0.3, 0.4) is 0 Å². The summed E-state index contributed by atoms with van der Waals surface area (Å²) in [6.07, 6.45) is 5.36. The van der Waals surface area contributed by atoms with Crippen LogP contribution in [0, 0.1) is 0 Å². The van der Waals surface area contributed by atoms with Crippen LogP contribution in [-0.4, -0.2) is 5.11 Å². The minimum absolute atomic E-state index is 0.315. The average Bonchev–Trinajstić information content (AvgIpc) is 2.59. The third-order valence-corrected chi connectivity index (χ3v) is 3.63. The second kappa shape index (κ2) is 6.44. The predicted octanol–water partition coefficient (Wildman–Crippen LogP) is 4.41. The van der Waals surface area contributed by atoms with Gasteiger partial charge in [-0.2, -0.15) is 0 Å². The highest BCUT2D eigenvalue weighted by Crippen LogP contribution is 2.28. The van der Waals surface area contributed by atoms with Gasteiger partial charge in [0, 0.05) is 10.3 Å². The molecule has 0 aliphatic carbocycles. The molecule has 1 aromatic heterocycles. The largest absolute Gasteiger partial charge is 0.388 e. The fraction of sp³-hybridized carbons (Fsp3) is 0.636. The molecular weight excluding hydrogens is 216 g/mol. The first-order valence-corrected chi connectivity index (χ1v) is 6.41. The molecule has 1 aromatic rings. The maximum Gasteiger partial charge on any atom is 0.0882 e. The Morgan fingerprint density at radius 1 is 1.43 bits per heavy atom. The van der Waals surface area contributed by atoms with Crippen LogP contribution in [0.1, 0.15) is 50.0 Å². The smallest absolute Gasteiger partial charge is 0.0882 e. The lowest BCUT2D eigenvalue weighted by Crippen LogP contribution is -1.93. The van der Waals surface area contributed by atoms with Crippen molar-refractivity contribution in [2.45, 2.75) is 45.1 Å². The molecule has 1 atom stereocenters. The Morgan fingerprint density at radius 2 is 2.21 bits per heavy atom. The van der Waals surface area contributed by atoms with Crippen LogP contribution < -0.4 is 0 Å². The quantitative estimate of drug-likeness (QED) is 0.721. The van der Waals surface area contributed by atoms with E-state index in [1.54, 1.807) is 0 Å². The van der Waals surface area contributed by atoms with Gasteiger partial charge in [0.1, 0.15) is 0 Å². The summed E-state index contributed by atoms with van der Waals surface area (Å²) in [6.45, 7) is 2.19. The summed E-state index contributed by atoms with van der Waals surface area (Å²) < 4.78 is 0. The molecule has 1 N–H and O–H groups in total. The topological polar surface area (TPSA) is 20.2 Å². The number of rotatable bonds is 6. The molecule has 0 bridgehead atoms. The molecule has 1 heterocycles. The number of aliphatic hydroxyl groups excluding tert-OH is 1. The van der Waals surface area contributed by atoms with Gasteiger partial charge in [-0.15, -0.1) is 11.3 Å². The van der Waals surface area contributed by atoms with E-state index in [1.165, 1.54) is 30.6 Å². The Balaban J connectivity index is 2.25. The molecule has 0 aliphatic rings. The average molecular weight is 233 g/mol. The molecule has 0 aromatic carbocycles. The summed E-state index contributed by atoms with van der Waals surface area (Å²) in [5.41, 5.74) is 0. The van der Waals surface area contributed by atoms with Crippen molar-refractivity contribution in [2.75, 3.05) is 0 Å². The van der Waals surface area contributed by atoms with Gasteiger partial charge in [-0.25, -0.2) is 0 Å². The number of halogens is 1. The lowest BCUT2D eigenvalue weighted by Gasteiger charge is -2.07. The zero-order chi connectivity index (χ0) is 10.4. The van der Waals surface area contributed by atoms with Crippen molar-refractivity contribution in [3.8, 4) is 0 Å². The molecular formula is C11H17ClOS. The first kappa shape index (κ1) is 12.0. The number of unbranched alkanes of at least 4 members (excludes halogenated alkanes) is 3. The normalized spacial score (nSPS) is 13.1. The zero-order valence-corrected chi connectivity index (χ0v) is 10.1. The monoisotopic (exact) mass is 232 g/mol. The summed E-state index contributed by atoms with van der Waals surface area (Å²) in [4.78, 5) is 0.992. The lowest BCUT2D eigenvalue weighted by atomic mass is 10.1. The highest BCUT2D eigenvalue weighted by atomic mass is 35.5. The van der Waals surface area contributed by atoms with E-state index in [-0.39, 0.29) is 6.10 Å². The van der Waals surface area contributed by atoms with Crippen molar-refractivity contribution in [2.24, 2.45) is 0 Å². The van der Waals surface area contributed by atoms with Gasteiger partial charge in [-0.1, -0.05) is 44.2 Å². The van der Waals surface area contributed by atoms with E-state index in [4.69, 9.17) is 11.6 Å². The van der Waals surface area contributed by atoms with E-state index in [1.807, 2.05) is 11.4 Å². The van der Waals surface area contributed by atoms with Crippen LogP contribution in [0.4, 0.5) is 0 Å². The van der Waals surface area contributed by atoms with Crippen LogP contribution in [0.5, 0.6) is 0 Å². The van der Waals surface area contributed by atoms with Crippen molar-refractivity contribution < 1.29 is 5.11 Å². The maximum absolute atomic E-state index is 9.78. The highest BCUT2D eigenvalue weighted by Gasteiger charge is 2.09. The van der Waals surface area contributed by atoms with Crippen molar-refractivity contribution >= 4 is 22.9 Å². The number of thiophene rings is 1. The molecule has 0 saturated carbocycles. The van der Waals surface area contributed by atoms with Gasteiger partial charge >= 0.3 is 0 Å². The molecule has 0 aliphatic heterocycles. The van der Waals surface area contributed by atoms with E-state index >= 15 is 0 Å². The molecule has 1 nitrogen and oxygen atoms in total. The molecule has 0 spiro atoms. The van der Waals surface area contributed by atoms with Crippen molar-refractivity contribution in [1.82, 2.24) is 0 Å². The summed E-state index contributed by atoms with van der Waals surface area (Å²) in [7, 11) is 0. The SMILES string of the molecule is CCCCCCC(O)c1cc(Cl)cs1. The van der Waals surface area contributed by atoms with Gasteiger partial charge in [0.15, 0.2) is 0 Å². The van der Waals surface area contributed by atoms with Crippen LogP contribution in [0.2, 0.25) is 5.02 Å². The molecule has 1 rings (SSSR count). The Labute approximate surface area is 94.7 Å². The number of aliphatic hydroxyl groups is 1. The summed E-state index contributed by atoms with van der Waals surface area (Å²) >= 11 is 7.33. The molecule has 80 valence electrons. The molecule has 1 unspecified atom stereocenters. The lowest BCUT2D eigenvalue weighted by molar-refractivity contribution is 0.167. The van der Waals surface area contributed by atoms with Crippen LogP contribution in [-0.2, 0) is 0 Å². The summed E-state index contributed by atoms with van der Waals surface area (Å²) in [5, 5.41) is 12.4. The van der Waals surface area contributed by atoms with Crippen LogP contribution in [0.25, 0.3) is 0 Å². The van der Waals surface area contributed by atoms with Gasteiger partial charge in [0.2, 0.25) is 0 Å². The molecule has 0 fully saturated rings. The van der Waals surface area contributed by atoms with Gasteiger partial charge in [0.05, 0.1) is 11.1 Å². The van der Waals surface area contributed by atoms with Gasteiger partial charge in [0.25, 0.3) is 0 Å². The van der Waals surface area contributed by atoms with Crippen LogP contribution in [0.15, 0.2) is 11.4 Å². The van der Waals surface area contributed by atoms with E-state index in [0.717, 1.165) is 22.7 Å². The Hall–Kier alpha value is -0.0500. The molecule has 0 radical (unpaired) electrons. The Morgan fingerprint density at radius 3 is 2.79 bits per heavy atom. The maximum atomic E-state index is 9.78. The second-order valence-electron chi connectivity index (χ2n) is 3.53. The molecule has 14 heavy (non-hydrogen) atoms. The van der Waals surface area contributed by atoms with Gasteiger partial charge in [-0.3, -0.25) is 0 Å². The fourth-order valence-electron chi connectivity index (χ4n) is 1.41. The van der Waals surface area contributed by atoms with E-state index in [0.29, 0.717) is 0 Å². The van der Waals surface area contributed by atoms with E-state index in [2.05, 4.69) is 6.92 Å². The third kappa shape index (κ3) is 3.99. The Kier molecular flexibility index (Phi) is 5.53.